The quantitative estimate of drug-likeness (QED) is 0.795. The van der Waals surface area contributed by atoms with Gasteiger partial charge < -0.3 is 10.2 Å². The van der Waals surface area contributed by atoms with Crippen molar-refractivity contribution in [3.63, 3.8) is 0 Å². The van der Waals surface area contributed by atoms with E-state index in [1.807, 2.05) is 44.2 Å². The number of carboxylic acid groups (broad SMARTS) is 1. The highest BCUT2D eigenvalue weighted by molar-refractivity contribution is 8.01. The molecule has 5 heteroatoms. The van der Waals surface area contributed by atoms with Crippen molar-refractivity contribution < 1.29 is 15.0 Å². The molecule has 0 saturated carbocycles. The second-order valence-corrected chi connectivity index (χ2v) is 7.52. The average Bonchev–Trinajstić information content (AvgIpc) is 2.74. The summed E-state index contributed by atoms with van der Waals surface area (Å²) < 4.78 is -0.445. The van der Waals surface area contributed by atoms with Gasteiger partial charge in [0.25, 0.3) is 0 Å². The number of aromatic hydroxyl groups is 1. The molecule has 0 aliphatic carbocycles. The third-order valence-electron chi connectivity index (χ3n) is 3.89. The van der Waals surface area contributed by atoms with Crippen LogP contribution in [0.3, 0.4) is 0 Å². The zero-order chi connectivity index (χ0) is 15.2. The molecule has 2 atom stereocenters. The topological polar surface area (TPSA) is 69.6 Å². The number of fused-ring (bicyclic) bond motifs is 1. The number of benzene rings is 2. The van der Waals surface area contributed by atoms with Crippen molar-refractivity contribution in [3.05, 3.63) is 42.0 Å². The van der Waals surface area contributed by atoms with E-state index >= 15 is 0 Å². The lowest BCUT2D eigenvalue weighted by Crippen LogP contribution is -2.43. The zero-order valence-corrected chi connectivity index (χ0v) is 12.6. The molecule has 1 aliphatic rings. The first kappa shape index (κ1) is 14.2. The molecule has 2 aromatic rings. The van der Waals surface area contributed by atoms with E-state index in [0.29, 0.717) is 0 Å². The molecule has 0 amide bonds. The fourth-order valence-electron chi connectivity index (χ4n) is 2.83. The lowest BCUT2D eigenvalue weighted by atomic mass is 10.0. The third kappa shape index (κ3) is 2.36. The molecule has 110 valence electrons. The number of hydrogen-bond acceptors (Lipinski definition) is 4. The van der Waals surface area contributed by atoms with Crippen LogP contribution in [-0.2, 0) is 4.79 Å². The van der Waals surface area contributed by atoms with Crippen LogP contribution in [0.4, 0.5) is 0 Å². The predicted molar refractivity (Wildman–Crippen MR) is 84.6 cm³/mol. The highest BCUT2D eigenvalue weighted by Crippen LogP contribution is 2.49. The molecule has 0 spiro atoms. The molecule has 1 fully saturated rings. The molecule has 21 heavy (non-hydrogen) atoms. The van der Waals surface area contributed by atoms with E-state index in [9.17, 15) is 15.0 Å². The Labute approximate surface area is 127 Å². The van der Waals surface area contributed by atoms with Crippen molar-refractivity contribution in [2.24, 2.45) is 0 Å². The Kier molecular flexibility index (Phi) is 3.34. The van der Waals surface area contributed by atoms with Crippen LogP contribution in [0.2, 0.25) is 0 Å². The summed E-state index contributed by atoms with van der Waals surface area (Å²) in [6.45, 7) is 3.82. The number of carboxylic acids is 1. The molecule has 3 N–H and O–H groups in total. The van der Waals surface area contributed by atoms with Gasteiger partial charge in [0.15, 0.2) is 0 Å². The van der Waals surface area contributed by atoms with Gasteiger partial charge in [-0.25, -0.2) is 0 Å². The third-order valence-corrected chi connectivity index (χ3v) is 5.34. The highest BCUT2D eigenvalue weighted by atomic mass is 32.2. The fourth-order valence-corrected chi connectivity index (χ4v) is 4.31. The molecular formula is C16H17NO3S. The molecule has 2 aromatic carbocycles. The first-order valence-corrected chi connectivity index (χ1v) is 7.65. The number of nitrogens with one attached hydrogen (secondary N) is 1. The summed E-state index contributed by atoms with van der Waals surface area (Å²) in [6.07, 6.45) is 0. The summed E-state index contributed by atoms with van der Waals surface area (Å²) in [6, 6.07) is 10.7. The normalized spacial score (nSPS) is 24.3. The number of phenols is 1. The van der Waals surface area contributed by atoms with Gasteiger partial charge in [-0.2, -0.15) is 0 Å². The SMILES string of the molecule is CC1(C)SC(c2c(O)ccc3ccccc23)N[C@H]1C(=O)O. The van der Waals surface area contributed by atoms with Crippen LogP contribution < -0.4 is 5.32 Å². The van der Waals surface area contributed by atoms with Gasteiger partial charge >= 0.3 is 5.97 Å². The second-order valence-electron chi connectivity index (χ2n) is 5.76. The summed E-state index contributed by atoms with van der Waals surface area (Å²) >= 11 is 1.53. The molecule has 1 heterocycles. The Morgan fingerprint density at radius 2 is 1.95 bits per heavy atom. The summed E-state index contributed by atoms with van der Waals surface area (Å²) in [4.78, 5) is 11.4. The Morgan fingerprint density at radius 3 is 2.62 bits per heavy atom. The first-order valence-electron chi connectivity index (χ1n) is 6.77. The molecule has 0 radical (unpaired) electrons. The van der Waals surface area contributed by atoms with Crippen LogP contribution in [0, 0.1) is 0 Å². The van der Waals surface area contributed by atoms with Gasteiger partial charge in [0, 0.05) is 10.3 Å². The maximum atomic E-state index is 11.4. The lowest BCUT2D eigenvalue weighted by Gasteiger charge is -2.20. The number of carbonyl (C=O) groups is 1. The van der Waals surface area contributed by atoms with E-state index in [-0.39, 0.29) is 11.1 Å². The van der Waals surface area contributed by atoms with Crippen molar-refractivity contribution in [2.45, 2.75) is 30.0 Å². The Morgan fingerprint density at radius 1 is 1.24 bits per heavy atom. The summed E-state index contributed by atoms with van der Waals surface area (Å²) in [5, 5.41) is 24.5. The van der Waals surface area contributed by atoms with E-state index in [2.05, 4.69) is 5.32 Å². The minimum absolute atomic E-state index is 0.195. The van der Waals surface area contributed by atoms with Crippen LogP contribution in [-0.4, -0.2) is 27.0 Å². The van der Waals surface area contributed by atoms with Crippen LogP contribution in [0.5, 0.6) is 5.75 Å². The van der Waals surface area contributed by atoms with E-state index in [1.165, 1.54) is 11.8 Å². The van der Waals surface area contributed by atoms with Crippen molar-refractivity contribution in [3.8, 4) is 5.75 Å². The van der Waals surface area contributed by atoms with Crippen molar-refractivity contribution >= 4 is 28.5 Å². The smallest absolute Gasteiger partial charge is 0.322 e. The number of aliphatic carboxylic acids is 1. The van der Waals surface area contributed by atoms with E-state index in [0.717, 1.165) is 16.3 Å². The van der Waals surface area contributed by atoms with Crippen LogP contribution in [0.1, 0.15) is 24.8 Å². The van der Waals surface area contributed by atoms with E-state index in [4.69, 9.17) is 0 Å². The van der Waals surface area contributed by atoms with Crippen LogP contribution in [0.15, 0.2) is 36.4 Å². The molecule has 1 unspecified atom stereocenters. The Balaban J connectivity index is 2.10. The van der Waals surface area contributed by atoms with Crippen molar-refractivity contribution in [1.29, 1.82) is 0 Å². The molecule has 3 rings (SSSR count). The molecule has 1 aliphatic heterocycles. The van der Waals surface area contributed by atoms with E-state index < -0.39 is 16.8 Å². The molecule has 1 saturated heterocycles. The first-order chi connectivity index (χ1) is 9.90. The minimum Gasteiger partial charge on any atom is -0.508 e. The van der Waals surface area contributed by atoms with Crippen molar-refractivity contribution in [1.82, 2.24) is 5.32 Å². The fraction of sp³-hybridized carbons (Fsp3) is 0.312. The number of hydrogen-bond donors (Lipinski definition) is 3. The van der Waals surface area contributed by atoms with Gasteiger partial charge in [0.2, 0.25) is 0 Å². The highest BCUT2D eigenvalue weighted by Gasteiger charge is 2.46. The van der Waals surface area contributed by atoms with Gasteiger partial charge in [-0.3, -0.25) is 10.1 Å². The number of phenolic OH excluding ortho intramolecular Hbond substituents is 1. The standard InChI is InChI=1S/C16H17NO3S/c1-16(2)13(15(19)20)17-14(21-16)12-10-6-4-3-5-9(10)7-8-11(12)18/h3-8,13-14,17-18H,1-2H3,(H,19,20)/t13-,14?/m0/s1. The summed E-state index contributed by atoms with van der Waals surface area (Å²) in [7, 11) is 0. The monoisotopic (exact) mass is 303 g/mol. The minimum atomic E-state index is -0.866. The van der Waals surface area contributed by atoms with Gasteiger partial charge in [-0.15, -0.1) is 11.8 Å². The predicted octanol–water partition coefficient (Wildman–Crippen LogP) is 3.11. The summed E-state index contributed by atoms with van der Waals surface area (Å²) in [5.41, 5.74) is 0.759. The van der Waals surface area contributed by atoms with Gasteiger partial charge in [-0.05, 0) is 30.7 Å². The molecule has 4 nitrogen and oxygen atoms in total. The van der Waals surface area contributed by atoms with Gasteiger partial charge in [0.1, 0.15) is 11.8 Å². The largest absolute Gasteiger partial charge is 0.508 e. The average molecular weight is 303 g/mol. The van der Waals surface area contributed by atoms with Crippen LogP contribution >= 0.6 is 11.8 Å². The molecule has 0 aromatic heterocycles. The van der Waals surface area contributed by atoms with Gasteiger partial charge in [-0.1, -0.05) is 30.3 Å². The molecule has 0 bridgehead atoms. The maximum absolute atomic E-state index is 11.4. The van der Waals surface area contributed by atoms with Crippen molar-refractivity contribution in [2.75, 3.05) is 0 Å². The Hall–Kier alpha value is -1.72. The number of rotatable bonds is 2. The summed E-state index contributed by atoms with van der Waals surface area (Å²) in [5.74, 6) is -0.671. The number of thioether (sulfide) groups is 1. The maximum Gasteiger partial charge on any atom is 0.322 e. The second kappa shape index (κ2) is 4.93. The molecular weight excluding hydrogens is 286 g/mol. The van der Waals surface area contributed by atoms with Gasteiger partial charge in [0.05, 0.1) is 5.37 Å². The van der Waals surface area contributed by atoms with Crippen LogP contribution in [0.25, 0.3) is 10.8 Å². The lowest BCUT2D eigenvalue weighted by molar-refractivity contribution is -0.139. The van der Waals surface area contributed by atoms with E-state index in [1.54, 1.807) is 6.07 Å². The zero-order valence-electron chi connectivity index (χ0n) is 11.8. The Bertz CT molecular complexity index is 714.